The number of benzene rings is 1. The second-order valence-corrected chi connectivity index (χ2v) is 12.7. The summed E-state index contributed by atoms with van der Waals surface area (Å²) in [4.78, 5) is 26.5. The van der Waals surface area contributed by atoms with Gasteiger partial charge in [0.2, 0.25) is 11.5 Å². The van der Waals surface area contributed by atoms with Crippen LogP contribution in [0.5, 0.6) is 5.88 Å². The van der Waals surface area contributed by atoms with Crippen LogP contribution < -0.4 is 26.8 Å². The van der Waals surface area contributed by atoms with Crippen LogP contribution in [0.25, 0.3) is 10.8 Å². The van der Waals surface area contributed by atoms with Crippen molar-refractivity contribution in [1.29, 1.82) is 5.26 Å². The Bertz CT molecular complexity index is 1590. The molecule has 6 N–H and O–H groups in total. The van der Waals surface area contributed by atoms with Gasteiger partial charge in [-0.3, -0.25) is 20.8 Å². The standard InChI is InChI=1S/C33H42FN9O2/c1-5-6-12-23-18-22-11-7-8-13-24(22)30(41-23)45-17-16-43(3,4)29-27(28(29)25-14-9-10-15-38-25)21(2)42-32(31(36)44)26(19-35)33(34,37)40-20-39-32/h7-11,13-15,18,20-21,26-29,42H,5-6,12,16-17,37H2,1-4H3,(H2-,36,39,40,44)/p+1/t21?,26?,27?,28?,29?,32?,33-/m0/s1. The number of fused-ring (bicyclic) bond motifs is 1. The van der Waals surface area contributed by atoms with Gasteiger partial charge in [0.1, 0.15) is 19.2 Å². The van der Waals surface area contributed by atoms with Crippen molar-refractivity contribution in [2.24, 2.45) is 28.3 Å². The van der Waals surface area contributed by atoms with Gasteiger partial charge >= 0.3 is 0 Å². The van der Waals surface area contributed by atoms with Crippen LogP contribution in [0.15, 0.2) is 59.7 Å². The molecule has 2 aliphatic rings. The summed E-state index contributed by atoms with van der Waals surface area (Å²) < 4.78 is 22.2. The third-order valence-electron chi connectivity index (χ3n) is 9.25. The normalized spacial score (nSPS) is 28.2. The van der Waals surface area contributed by atoms with Crippen LogP contribution in [0.1, 0.15) is 44.0 Å². The molecular weight excluding hydrogens is 573 g/mol. The van der Waals surface area contributed by atoms with Gasteiger partial charge in [-0.25, -0.2) is 14.4 Å². The summed E-state index contributed by atoms with van der Waals surface area (Å²) in [6.45, 7) is 5.14. The molecule has 1 aromatic carbocycles. The average Bonchev–Trinajstić information content (AvgIpc) is 3.77. The number of pyridine rings is 2. The molecule has 3 aromatic rings. The zero-order chi connectivity index (χ0) is 32.4. The van der Waals surface area contributed by atoms with Crippen molar-refractivity contribution in [3.63, 3.8) is 0 Å². The first kappa shape index (κ1) is 32.2. The highest BCUT2D eigenvalue weighted by Gasteiger charge is 2.66. The minimum atomic E-state index is -2.71. The Hall–Kier alpha value is -4.18. The molecule has 5 rings (SSSR count). The molecule has 1 amide bonds. The van der Waals surface area contributed by atoms with E-state index in [1.165, 1.54) is 0 Å². The first-order valence-corrected chi connectivity index (χ1v) is 15.5. The fourth-order valence-electron chi connectivity index (χ4n) is 6.84. The number of unbranched alkanes of at least 4 members (excludes halogenated alkanes) is 1. The summed E-state index contributed by atoms with van der Waals surface area (Å²) in [5.74, 6) is -4.82. The van der Waals surface area contributed by atoms with Crippen molar-refractivity contribution in [3.05, 3.63) is 66.1 Å². The van der Waals surface area contributed by atoms with E-state index in [0.29, 0.717) is 23.5 Å². The van der Waals surface area contributed by atoms with E-state index in [-0.39, 0.29) is 17.9 Å². The zero-order valence-electron chi connectivity index (χ0n) is 26.3. The number of nitrogens with zero attached hydrogens (tertiary/aromatic N) is 5. The largest absolute Gasteiger partial charge is 0.471 e. The van der Waals surface area contributed by atoms with Crippen molar-refractivity contribution in [2.75, 3.05) is 27.2 Å². The molecule has 3 heterocycles. The third kappa shape index (κ3) is 6.33. The van der Waals surface area contributed by atoms with Crippen LogP contribution in [0.2, 0.25) is 0 Å². The smallest absolute Gasteiger partial charge is 0.261 e. The summed E-state index contributed by atoms with van der Waals surface area (Å²) in [5, 5.41) is 17.3. The number of nitrogens with two attached hydrogens (primary N) is 2. The Morgan fingerprint density at radius 2 is 2.02 bits per heavy atom. The molecule has 1 saturated carbocycles. The van der Waals surface area contributed by atoms with Gasteiger partial charge in [-0.05, 0) is 49.4 Å². The van der Waals surface area contributed by atoms with Gasteiger partial charge in [-0.15, -0.1) is 0 Å². The number of carbonyl (C=O) groups excluding carboxylic acids is 1. The van der Waals surface area contributed by atoms with E-state index in [0.717, 1.165) is 47.8 Å². The Morgan fingerprint density at radius 1 is 1.27 bits per heavy atom. The average molecular weight is 617 g/mol. The first-order chi connectivity index (χ1) is 21.4. The number of amides is 1. The van der Waals surface area contributed by atoms with Crippen molar-refractivity contribution >= 4 is 23.0 Å². The monoisotopic (exact) mass is 616 g/mol. The van der Waals surface area contributed by atoms with Crippen LogP contribution >= 0.6 is 0 Å². The summed E-state index contributed by atoms with van der Waals surface area (Å²) >= 11 is 0. The highest BCUT2D eigenvalue weighted by molar-refractivity contribution is 5.88. The fraction of sp³-hybridized carbons (Fsp3) is 0.485. The lowest BCUT2D eigenvalue weighted by Crippen LogP contribution is -2.73. The van der Waals surface area contributed by atoms with Crippen LogP contribution in [-0.4, -0.2) is 77.6 Å². The zero-order valence-corrected chi connectivity index (χ0v) is 26.3. The number of ether oxygens (including phenoxy) is 1. The van der Waals surface area contributed by atoms with E-state index < -0.39 is 29.4 Å². The number of likely N-dealkylation sites (N-methyl/N-ethyl adjacent to an activating group) is 1. The minimum Gasteiger partial charge on any atom is -0.471 e. The molecule has 0 radical (unpaired) electrons. The molecule has 11 nitrogen and oxygen atoms in total. The number of aryl methyl sites for hydroxylation is 1. The maximum atomic E-state index is 15.2. The van der Waals surface area contributed by atoms with E-state index in [4.69, 9.17) is 21.2 Å². The SMILES string of the molecule is CCCCc1cc2ccccc2c(OCC[N+](C)(C)C2C(c3ccccn3)C2C(C)NC2(C(N)=O)N=CN[C@](N)(F)C2C#N)n1. The van der Waals surface area contributed by atoms with Crippen LogP contribution in [0.4, 0.5) is 4.39 Å². The molecule has 12 heteroatoms. The van der Waals surface area contributed by atoms with E-state index >= 15 is 4.39 Å². The third-order valence-corrected chi connectivity index (χ3v) is 9.25. The number of aromatic nitrogens is 2. The molecule has 2 aromatic heterocycles. The van der Waals surface area contributed by atoms with Crippen LogP contribution in [0, 0.1) is 23.2 Å². The van der Waals surface area contributed by atoms with E-state index in [1.807, 2.05) is 49.4 Å². The number of quaternary nitrogens is 1. The fourth-order valence-corrected chi connectivity index (χ4v) is 6.84. The molecule has 1 aliphatic heterocycles. The Kier molecular flexibility index (Phi) is 9.07. The minimum absolute atomic E-state index is 0.00388. The van der Waals surface area contributed by atoms with E-state index in [1.54, 1.807) is 6.20 Å². The molecule has 6 unspecified atom stereocenters. The number of hydrogen-bond donors (Lipinski definition) is 4. The molecule has 0 bridgehead atoms. The second kappa shape index (κ2) is 12.7. The van der Waals surface area contributed by atoms with Crippen molar-refractivity contribution < 1.29 is 18.4 Å². The van der Waals surface area contributed by atoms with E-state index in [2.05, 4.69) is 53.8 Å². The molecule has 0 saturated heterocycles. The van der Waals surface area contributed by atoms with Gasteiger partial charge < -0.3 is 20.3 Å². The molecule has 1 aliphatic carbocycles. The number of aliphatic imine (C=N–C) groups is 1. The number of carbonyl (C=O) groups is 1. The molecule has 7 atom stereocenters. The van der Waals surface area contributed by atoms with Gasteiger partial charge in [-0.1, -0.05) is 37.6 Å². The number of halogens is 1. The van der Waals surface area contributed by atoms with Gasteiger partial charge in [0.15, 0.2) is 5.92 Å². The maximum absolute atomic E-state index is 15.2. The van der Waals surface area contributed by atoms with Crippen molar-refractivity contribution in [3.8, 4) is 11.9 Å². The van der Waals surface area contributed by atoms with Gasteiger partial charge in [0, 0.05) is 34.9 Å². The van der Waals surface area contributed by atoms with Crippen LogP contribution in [0.3, 0.4) is 0 Å². The van der Waals surface area contributed by atoms with Crippen LogP contribution in [-0.2, 0) is 11.2 Å². The summed E-state index contributed by atoms with van der Waals surface area (Å²) in [6.07, 6.45) is 5.79. The number of primary amides is 1. The molecule has 238 valence electrons. The predicted molar refractivity (Wildman–Crippen MR) is 170 cm³/mol. The molecular formula is C33H43FN9O2+. The maximum Gasteiger partial charge on any atom is 0.261 e. The highest BCUT2D eigenvalue weighted by atomic mass is 19.1. The van der Waals surface area contributed by atoms with Gasteiger partial charge in [0.25, 0.3) is 11.8 Å². The molecule has 0 spiro atoms. The first-order valence-electron chi connectivity index (χ1n) is 15.5. The number of nitriles is 1. The number of hydrogen-bond acceptors (Lipinski definition) is 9. The lowest BCUT2D eigenvalue weighted by molar-refractivity contribution is -0.903. The Labute approximate surface area is 263 Å². The Morgan fingerprint density at radius 3 is 2.71 bits per heavy atom. The topological polar surface area (TPSA) is 164 Å². The number of alkyl halides is 1. The highest BCUT2D eigenvalue weighted by Crippen LogP contribution is 2.54. The summed E-state index contributed by atoms with van der Waals surface area (Å²) in [6, 6.07) is 17.5. The quantitative estimate of drug-likeness (QED) is 0.168. The molecule has 1 fully saturated rings. The van der Waals surface area contributed by atoms with Crippen molar-refractivity contribution in [1.82, 2.24) is 20.6 Å². The lowest BCUT2D eigenvalue weighted by Gasteiger charge is -2.42. The van der Waals surface area contributed by atoms with Gasteiger partial charge in [0.05, 0.1) is 32.4 Å². The number of nitrogens with one attached hydrogen (secondary N) is 2. The molecule has 45 heavy (non-hydrogen) atoms. The summed E-state index contributed by atoms with van der Waals surface area (Å²) in [7, 11) is 4.27. The Balaban J connectivity index is 1.37. The second-order valence-electron chi connectivity index (χ2n) is 12.7. The predicted octanol–water partition coefficient (Wildman–Crippen LogP) is 2.72. The summed E-state index contributed by atoms with van der Waals surface area (Å²) in [5.41, 5.74) is 11.4. The van der Waals surface area contributed by atoms with Gasteiger partial charge in [-0.2, -0.15) is 5.26 Å². The van der Waals surface area contributed by atoms with Crippen molar-refractivity contribution in [2.45, 2.75) is 62.7 Å². The number of rotatable bonds is 13. The van der Waals surface area contributed by atoms with E-state index in [9.17, 15) is 10.1 Å². The lowest BCUT2D eigenvalue weighted by atomic mass is 9.86.